The molecule has 0 aromatic heterocycles. The van der Waals surface area contributed by atoms with E-state index in [1.807, 2.05) is 21.6 Å². The second-order valence-electron chi connectivity index (χ2n) is 2.61. The smallest absolute Gasteiger partial charge is 0.0288 e. The average molecular weight is 233 g/mol. The third-order valence-electron chi connectivity index (χ3n) is 1.51. The summed E-state index contributed by atoms with van der Waals surface area (Å²) >= 11 is 5.57. The van der Waals surface area contributed by atoms with Crippen molar-refractivity contribution >= 4 is 33.2 Å². The maximum absolute atomic E-state index is 5.57. The Balaban J connectivity index is 2.07. The molecule has 72 valence electrons. The summed E-state index contributed by atoms with van der Waals surface area (Å²) in [4.78, 5) is 0. The zero-order chi connectivity index (χ0) is 9.36. The van der Waals surface area contributed by atoms with Gasteiger partial charge in [-0.2, -0.15) is 0 Å². The van der Waals surface area contributed by atoms with Gasteiger partial charge in [0.2, 0.25) is 0 Å². The monoisotopic (exact) mass is 232 g/mol. The Morgan fingerprint density at radius 3 is 2.54 bits per heavy atom. The zero-order valence-corrected chi connectivity index (χ0v) is 9.80. The number of benzene rings is 1. The molecule has 0 saturated carbocycles. The SMILES string of the molecule is ClCCCSSCc1ccccc1. The molecule has 0 atom stereocenters. The fourth-order valence-electron chi connectivity index (χ4n) is 0.856. The molecule has 0 radical (unpaired) electrons. The van der Waals surface area contributed by atoms with Gasteiger partial charge in [0.25, 0.3) is 0 Å². The minimum absolute atomic E-state index is 0.777. The molecule has 3 heteroatoms. The first-order valence-corrected chi connectivity index (χ1v) is 7.30. The molecule has 0 aliphatic carbocycles. The number of rotatable bonds is 6. The van der Waals surface area contributed by atoms with Crippen molar-refractivity contribution in [1.82, 2.24) is 0 Å². The van der Waals surface area contributed by atoms with Crippen LogP contribution in [0.15, 0.2) is 30.3 Å². The first-order valence-electron chi connectivity index (χ1n) is 4.28. The third kappa shape index (κ3) is 5.50. The maximum atomic E-state index is 5.57. The predicted molar refractivity (Wildman–Crippen MR) is 65.5 cm³/mol. The lowest BCUT2D eigenvalue weighted by molar-refractivity contribution is 1.12. The first kappa shape index (κ1) is 11.3. The van der Waals surface area contributed by atoms with E-state index in [9.17, 15) is 0 Å². The molecule has 0 fully saturated rings. The maximum Gasteiger partial charge on any atom is 0.0288 e. The van der Waals surface area contributed by atoms with Gasteiger partial charge in [0.1, 0.15) is 0 Å². The van der Waals surface area contributed by atoms with Gasteiger partial charge in [0.05, 0.1) is 0 Å². The first-order chi connectivity index (χ1) is 6.43. The second kappa shape index (κ2) is 7.60. The zero-order valence-electron chi connectivity index (χ0n) is 7.41. The van der Waals surface area contributed by atoms with Crippen LogP contribution in [0.2, 0.25) is 0 Å². The molecule has 0 saturated heterocycles. The van der Waals surface area contributed by atoms with Crippen molar-refractivity contribution in [1.29, 1.82) is 0 Å². The highest BCUT2D eigenvalue weighted by atomic mass is 35.5. The van der Waals surface area contributed by atoms with Crippen LogP contribution in [0.4, 0.5) is 0 Å². The summed E-state index contributed by atoms with van der Waals surface area (Å²) in [6.07, 6.45) is 1.11. The van der Waals surface area contributed by atoms with E-state index in [4.69, 9.17) is 11.6 Å². The molecule has 1 aromatic carbocycles. The second-order valence-corrected chi connectivity index (χ2v) is 5.57. The molecule has 1 aromatic rings. The summed E-state index contributed by atoms with van der Waals surface area (Å²) in [6, 6.07) is 10.5. The van der Waals surface area contributed by atoms with Crippen LogP contribution in [0, 0.1) is 0 Å². The van der Waals surface area contributed by atoms with Gasteiger partial charge < -0.3 is 0 Å². The predicted octanol–water partition coefficient (Wildman–Crippen LogP) is 4.20. The van der Waals surface area contributed by atoms with Crippen LogP contribution < -0.4 is 0 Å². The van der Waals surface area contributed by atoms with Crippen LogP contribution in [0.3, 0.4) is 0 Å². The Morgan fingerprint density at radius 2 is 1.85 bits per heavy atom. The largest absolute Gasteiger partial charge is 0.127 e. The molecule has 0 unspecified atom stereocenters. The molecule has 0 spiro atoms. The van der Waals surface area contributed by atoms with Crippen molar-refractivity contribution in [3.8, 4) is 0 Å². The van der Waals surface area contributed by atoms with Gasteiger partial charge in [-0.1, -0.05) is 51.9 Å². The lowest BCUT2D eigenvalue weighted by atomic mass is 10.2. The fourth-order valence-corrected chi connectivity index (χ4v) is 3.31. The number of alkyl halides is 1. The van der Waals surface area contributed by atoms with E-state index >= 15 is 0 Å². The molecule has 1 rings (SSSR count). The van der Waals surface area contributed by atoms with E-state index in [0.717, 1.165) is 23.8 Å². The lowest BCUT2D eigenvalue weighted by Gasteiger charge is -1.99. The van der Waals surface area contributed by atoms with E-state index < -0.39 is 0 Å². The molecule has 0 amide bonds. The minimum atomic E-state index is 0.777. The van der Waals surface area contributed by atoms with E-state index in [1.54, 1.807) is 0 Å². The third-order valence-corrected chi connectivity index (χ3v) is 4.21. The van der Waals surface area contributed by atoms with Crippen LogP contribution in [0.25, 0.3) is 0 Å². The highest BCUT2D eigenvalue weighted by molar-refractivity contribution is 8.76. The Bertz CT molecular complexity index is 213. The Hall–Kier alpha value is 0.210. The highest BCUT2D eigenvalue weighted by Crippen LogP contribution is 2.26. The Kier molecular flexibility index (Phi) is 6.60. The standard InChI is InChI=1S/C10H13ClS2/c11-7-4-8-12-13-9-10-5-2-1-3-6-10/h1-3,5-6H,4,7-9H2. The highest BCUT2D eigenvalue weighted by Gasteiger charge is 1.92. The van der Waals surface area contributed by atoms with Crippen molar-refractivity contribution in [2.75, 3.05) is 11.6 Å². The van der Waals surface area contributed by atoms with Gasteiger partial charge in [-0.15, -0.1) is 11.6 Å². The van der Waals surface area contributed by atoms with Gasteiger partial charge in [0.15, 0.2) is 0 Å². The van der Waals surface area contributed by atoms with Crippen LogP contribution in [-0.2, 0) is 5.75 Å². The summed E-state index contributed by atoms with van der Waals surface area (Å²) in [5.74, 6) is 3.02. The van der Waals surface area contributed by atoms with Gasteiger partial charge in [-0.25, -0.2) is 0 Å². The van der Waals surface area contributed by atoms with Crippen molar-refractivity contribution in [2.45, 2.75) is 12.2 Å². The molecule has 0 heterocycles. The Labute approximate surface area is 92.8 Å². The van der Waals surface area contributed by atoms with Crippen molar-refractivity contribution in [3.63, 3.8) is 0 Å². The fraction of sp³-hybridized carbons (Fsp3) is 0.400. The minimum Gasteiger partial charge on any atom is -0.127 e. The molecular formula is C10H13ClS2. The van der Waals surface area contributed by atoms with E-state index in [1.165, 1.54) is 5.56 Å². The summed E-state index contributed by atoms with van der Waals surface area (Å²) in [5.41, 5.74) is 1.39. The molecule has 13 heavy (non-hydrogen) atoms. The van der Waals surface area contributed by atoms with E-state index in [2.05, 4.69) is 30.3 Å². The van der Waals surface area contributed by atoms with Crippen LogP contribution >= 0.6 is 33.2 Å². The summed E-state index contributed by atoms with van der Waals surface area (Å²) in [5, 5.41) is 0. The van der Waals surface area contributed by atoms with Gasteiger partial charge >= 0.3 is 0 Å². The van der Waals surface area contributed by atoms with Crippen LogP contribution in [0.5, 0.6) is 0 Å². The van der Waals surface area contributed by atoms with Crippen molar-refractivity contribution in [2.24, 2.45) is 0 Å². The summed E-state index contributed by atoms with van der Waals surface area (Å²) in [7, 11) is 3.81. The topological polar surface area (TPSA) is 0 Å². The quantitative estimate of drug-likeness (QED) is 0.410. The summed E-state index contributed by atoms with van der Waals surface area (Å²) < 4.78 is 0. The van der Waals surface area contributed by atoms with Crippen molar-refractivity contribution in [3.05, 3.63) is 35.9 Å². The lowest BCUT2D eigenvalue weighted by Crippen LogP contribution is -1.79. The normalized spacial score (nSPS) is 10.2. The molecule has 0 aliphatic rings. The number of halogens is 1. The average Bonchev–Trinajstić information content (AvgIpc) is 2.19. The molecular weight excluding hydrogens is 220 g/mol. The molecule has 0 aliphatic heterocycles. The Morgan fingerprint density at radius 1 is 1.08 bits per heavy atom. The van der Waals surface area contributed by atoms with Crippen LogP contribution in [0.1, 0.15) is 12.0 Å². The number of hydrogen-bond acceptors (Lipinski definition) is 2. The number of hydrogen-bond donors (Lipinski definition) is 0. The van der Waals surface area contributed by atoms with Crippen LogP contribution in [-0.4, -0.2) is 11.6 Å². The summed E-state index contributed by atoms with van der Waals surface area (Å²) in [6.45, 7) is 0. The van der Waals surface area contributed by atoms with Gasteiger partial charge in [-0.3, -0.25) is 0 Å². The van der Waals surface area contributed by atoms with E-state index in [-0.39, 0.29) is 0 Å². The van der Waals surface area contributed by atoms with Gasteiger partial charge in [-0.05, 0) is 12.0 Å². The van der Waals surface area contributed by atoms with Crippen molar-refractivity contribution < 1.29 is 0 Å². The molecule has 0 N–H and O–H groups in total. The van der Waals surface area contributed by atoms with Gasteiger partial charge in [0, 0.05) is 17.4 Å². The molecule has 0 bridgehead atoms. The molecule has 0 nitrogen and oxygen atoms in total. The van der Waals surface area contributed by atoms with E-state index in [0.29, 0.717) is 0 Å².